The predicted octanol–water partition coefficient (Wildman–Crippen LogP) is 3.44. The van der Waals surface area contributed by atoms with E-state index in [0.717, 1.165) is 22.5 Å². The molecule has 0 heterocycles. The SMILES string of the molecule is CCCN(CCCCC(=O)OC(C)(C)C)S(=O)(=O)c1cc(C(=O)O)ccc1F. The lowest BCUT2D eigenvalue weighted by molar-refractivity contribution is -0.154. The quantitative estimate of drug-likeness (QED) is 0.462. The molecule has 0 aliphatic carbocycles. The Morgan fingerprint density at radius 3 is 2.36 bits per heavy atom. The monoisotopic (exact) mass is 417 g/mol. The number of unbranched alkanes of at least 4 members (excludes halogenated alkanes) is 1. The lowest BCUT2D eigenvalue weighted by atomic mass is 10.2. The molecule has 9 heteroatoms. The zero-order valence-electron chi connectivity index (χ0n) is 16.7. The molecule has 7 nitrogen and oxygen atoms in total. The number of ether oxygens (including phenoxy) is 1. The minimum absolute atomic E-state index is 0.0930. The molecule has 0 saturated carbocycles. The Labute approximate surface area is 165 Å². The third kappa shape index (κ3) is 7.20. The molecular formula is C19H28FNO6S. The van der Waals surface area contributed by atoms with Gasteiger partial charge in [0.15, 0.2) is 0 Å². The van der Waals surface area contributed by atoms with Crippen LogP contribution in [-0.4, -0.2) is 48.5 Å². The van der Waals surface area contributed by atoms with Crippen LogP contribution < -0.4 is 0 Å². The molecule has 1 N–H and O–H groups in total. The highest BCUT2D eigenvalue weighted by Crippen LogP contribution is 2.22. The first-order valence-electron chi connectivity index (χ1n) is 9.13. The highest BCUT2D eigenvalue weighted by Gasteiger charge is 2.28. The number of esters is 1. The van der Waals surface area contributed by atoms with Crippen molar-refractivity contribution < 1.29 is 32.2 Å². The molecule has 0 fully saturated rings. The van der Waals surface area contributed by atoms with Gasteiger partial charge in [-0.2, -0.15) is 4.31 Å². The molecule has 158 valence electrons. The first-order valence-corrected chi connectivity index (χ1v) is 10.6. The molecule has 0 radical (unpaired) electrons. The Kier molecular flexibility index (Phi) is 8.56. The molecule has 0 aromatic heterocycles. The lowest BCUT2D eigenvalue weighted by Gasteiger charge is -2.22. The lowest BCUT2D eigenvalue weighted by Crippen LogP contribution is -2.33. The second kappa shape index (κ2) is 9.97. The summed E-state index contributed by atoms with van der Waals surface area (Å²) >= 11 is 0. The number of halogens is 1. The number of nitrogens with zero attached hydrogens (tertiary/aromatic N) is 1. The van der Waals surface area contributed by atoms with Gasteiger partial charge < -0.3 is 9.84 Å². The van der Waals surface area contributed by atoms with E-state index in [1.54, 1.807) is 27.7 Å². The maximum atomic E-state index is 14.1. The van der Waals surface area contributed by atoms with Gasteiger partial charge in [-0.1, -0.05) is 6.92 Å². The predicted molar refractivity (Wildman–Crippen MR) is 102 cm³/mol. The Morgan fingerprint density at radius 1 is 1.18 bits per heavy atom. The van der Waals surface area contributed by atoms with Gasteiger partial charge in [-0.25, -0.2) is 17.6 Å². The molecule has 0 saturated heterocycles. The van der Waals surface area contributed by atoms with E-state index in [2.05, 4.69) is 0 Å². The van der Waals surface area contributed by atoms with Crippen LogP contribution in [0.3, 0.4) is 0 Å². The molecule has 1 aromatic rings. The zero-order valence-corrected chi connectivity index (χ0v) is 17.5. The number of carbonyl (C=O) groups is 2. The van der Waals surface area contributed by atoms with E-state index in [9.17, 15) is 22.4 Å². The zero-order chi connectivity index (χ0) is 21.5. The van der Waals surface area contributed by atoms with Gasteiger partial charge in [0.05, 0.1) is 5.56 Å². The number of aromatic carboxylic acids is 1. The van der Waals surface area contributed by atoms with Crippen molar-refractivity contribution >= 4 is 22.0 Å². The van der Waals surface area contributed by atoms with Crippen LogP contribution in [0.2, 0.25) is 0 Å². The van der Waals surface area contributed by atoms with Crippen molar-refractivity contribution in [1.29, 1.82) is 0 Å². The first kappa shape index (κ1) is 24.0. The summed E-state index contributed by atoms with van der Waals surface area (Å²) in [6, 6.07) is 2.68. The third-order valence-electron chi connectivity index (χ3n) is 3.73. The van der Waals surface area contributed by atoms with Crippen molar-refractivity contribution in [1.82, 2.24) is 4.31 Å². The topological polar surface area (TPSA) is 101 Å². The maximum absolute atomic E-state index is 14.1. The minimum atomic E-state index is -4.20. The second-order valence-electron chi connectivity index (χ2n) is 7.40. The first-order chi connectivity index (χ1) is 12.9. The van der Waals surface area contributed by atoms with Gasteiger partial charge in [-0.3, -0.25) is 4.79 Å². The molecule has 0 aliphatic rings. The van der Waals surface area contributed by atoms with Gasteiger partial charge in [0.1, 0.15) is 16.3 Å². The van der Waals surface area contributed by atoms with Crippen molar-refractivity contribution in [2.45, 2.75) is 63.9 Å². The van der Waals surface area contributed by atoms with E-state index >= 15 is 0 Å². The average molecular weight is 417 g/mol. The summed E-state index contributed by atoms with van der Waals surface area (Å²) in [5, 5.41) is 9.04. The van der Waals surface area contributed by atoms with Gasteiger partial charge in [0.2, 0.25) is 10.0 Å². The highest BCUT2D eigenvalue weighted by atomic mass is 32.2. The molecule has 0 bridgehead atoms. The fourth-order valence-corrected chi connectivity index (χ4v) is 4.19. The number of hydrogen-bond acceptors (Lipinski definition) is 5. The number of carbonyl (C=O) groups excluding carboxylic acids is 1. The number of carboxylic acid groups (broad SMARTS) is 1. The Bertz CT molecular complexity index is 801. The fourth-order valence-electron chi connectivity index (χ4n) is 2.52. The van der Waals surface area contributed by atoms with E-state index in [1.807, 2.05) is 0 Å². The highest BCUT2D eigenvalue weighted by molar-refractivity contribution is 7.89. The molecule has 1 aromatic carbocycles. The largest absolute Gasteiger partial charge is 0.478 e. The van der Waals surface area contributed by atoms with Gasteiger partial charge in [-0.05, 0) is 58.2 Å². The summed E-state index contributed by atoms with van der Waals surface area (Å²) < 4.78 is 46.1. The number of hydrogen-bond donors (Lipinski definition) is 1. The summed E-state index contributed by atoms with van der Waals surface area (Å²) in [7, 11) is -4.20. The second-order valence-corrected chi connectivity index (χ2v) is 9.30. The van der Waals surface area contributed by atoms with Crippen LogP contribution >= 0.6 is 0 Å². The molecule has 0 aliphatic heterocycles. The van der Waals surface area contributed by atoms with E-state index in [-0.39, 0.29) is 31.0 Å². The number of carboxylic acids is 1. The van der Waals surface area contributed by atoms with Crippen LogP contribution in [0.5, 0.6) is 0 Å². The molecular weight excluding hydrogens is 389 g/mol. The molecule has 1 rings (SSSR count). The summed E-state index contributed by atoms with van der Waals surface area (Å²) in [4.78, 5) is 22.2. The van der Waals surface area contributed by atoms with Gasteiger partial charge in [0, 0.05) is 19.5 Å². The normalized spacial score (nSPS) is 12.2. The van der Waals surface area contributed by atoms with E-state index in [0.29, 0.717) is 19.3 Å². The molecule has 0 unspecified atom stereocenters. The van der Waals surface area contributed by atoms with Gasteiger partial charge >= 0.3 is 11.9 Å². The van der Waals surface area contributed by atoms with Crippen LogP contribution in [0.15, 0.2) is 23.1 Å². The maximum Gasteiger partial charge on any atom is 0.335 e. The third-order valence-corrected chi connectivity index (χ3v) is 5.64. The Morgan fingerprint density at radius 2 is 1.82 bits per heavy atom. The van der Waals surface area contributed by atoms with E-state index in [4.69, 9.17) is 9.84 Å². The van der Waals surface area contributed by atoms with Crippen LogP contribution in [0.1, 0.15) is 63.7 Å². The smallest absolute Gasteiger partial charge is 0.335 e. The average Bonchev–Trinajstić information content (AvgIpc) is 2.55. The van der Waals surface area contributed by atoms with E-state index < -0.39 is 32.3 Å². The van der Waals surface area contributed by atoms with Gasteiger partial charge in [-0.15, -0.1) is 0 Å². The summed E-state index contributed by atoms with van der Waals surface area (Å²) in [5.74, 6) is -2.70. The Hall–Kier alpha value is -2.00. The van der Waals surface area contributed by atoms with Crippen LogP contribution in [0.4, 0.5) is 4.39 Å². The number of benzene rings is 1. The fraction of sp³-hybridized carbons (Fsp3) is 0.579. The number of sulfonamides is 1. The Balaban J connectivity index is 2.86. The van der Waals surface area contributed by atoms with Gasteiger partial charge in [0.25, 0.3) is 0 Å². The van der Waals surface area contributed by atoms with Crippen molar-refractivity contribution in [3.63, 3.8) is 0 Å². The van der Waals surface area contributed by atoms with Crippen LogP contribution in [0.25, 0.3) is 0 Å². The standard InChI is InChI=1S/C19H28FNO6S/c1-5-11-21(12-7-6-8-17(22)27-19(2,3)4)28(25,26)16-13-14(18(23)24)9-10-15(16)20/h9-10,13H,5-8,11-12H2,1-4H3,(H,23,24). The van der Waals surface area contributed by atoms with Crippen LogP contribution in [-0.2, 0) is 19.6 Å². The van der Waals surface area contributed by atoms with E-state index in [1.165, 1.54) is 0 Å². The van der Waals surface area contributed by atoms with Crippen molar-refractivity contribution in [2.24, 2.45) is 0 Å². The summed E-state index contributed by atoms with van der Waals surface area (Å²) in [6.07, 6.45) is 1.46. The molecule has 0 amide bonds. The summed E-state index contributed by atoms with van der Waals surface area (Å²) in [5.41, 5.74) is -0.886. The van der Waals surface area contributed by atoms with Crippen molar-refractivity contribution in [2.75, 3.05) is 13.1 Å². The van der Waals surface area contributed by atoms with Crippen LogP contribution in [0, 0.1) is 5.82 Å². The van der Waals surface area contributed by atoms with Crippen molar-refractivity contribution in [3.8, 4) is 0 Å². The molecule has 0 atom stereocenters. The van der Waals surface area contributed by atoms with Crippen molar-refractivity contribution in [3.05, 3.63) is 29.6 Å². The molecule has 0 spiro atoms. The minimum Gasteiger partial charge on any atom is -0.478 e. The molecule has 28 heavy (non-hydrogen) atoms. The summed E-state index contributed by atoms with van der Waals surface area (Å²) in [6.45, 7) is 7.33. The number of rotatable bonds is 10.